The van der Waals surface area contributed by atoms with Crippen LogP contribution in [0.3, 0.4) is 0 Å². The van der Waals surface area contributed by atoms with E-state index in [0.29, 0.717) is 6.04 Å². The number of anilines is 1. The molecule has 0 saturated heterocycles. The van der Waals surface area contributed by atoms with Gasteiger partial charge in [0.1, 0.15) is 0 Å². The molecule has 0 aliphatic heterocycles. The summed E-state index contributed by atoms with van der Waals surface area (Å²) in [4.78, 5) is 0. The molecule has 6 heteroatoms. The van der Waals surface area contributed by atoms with Crippen LogP contribution in [0, 0.1) is 0 Å². The standard InChI is InChI=1S/C12H19N5.ClH/c1-4-16-8-11(6-14-16)5-13-12-7-15-17(9-12)10(2)3;/h6-10,13H,4-5H2,1-3H3;1H. The Morgan fingerprint density at radius 2 is 2.00 bits per heavy atom. The van der Waals surface area contributed by atoms with Crippen LogP contribution in [0.1, 0.15) is 32.4 Å². The Kier molecular flexibility index (Phi) is 5.22. The predicted octanol–water partition coefficient (Wildman–Crippen LogP) is 2.71. The van der Waals surface area contributed by atoms with Crippen molar-refractivity contribution in [3.63, 3.8) is 0 Å². The quantitative estimate of drug-likeness (QED) is 0.908. The van der Waals surface area contributed by atoms with Crippen LogP contribution >= 0.6 is 12.4 Å². The molecular weight excluding hydrogens is 250 g/mol. The molecule has 5 nitrogen and oxygen atoms in total. The molecule has 0 spiro atoms. The third-order valence-corrected chi connectivity index (χ3v) is 2.64. The zero-order valence-corrected chi connectivity index (χ0v) is 11.8. The van der Waals surface area contributed by atoms with Crippen molar-refractivity contribution in [2.24, 2.45) is 0 Å². The van der Waals surface area contributed by atoms with Gasteiger partial charge in [0.05, 0.1) is 18.1 Å². The first kappa shape index (κ1) is 14.6. The molecule has 0 amide bonds. The highest BCUT2D eigenvalue weighted by Crippen LogP contribution is 2.11. The molecule has 0 aliphatic rings. The Bertz CT molecular complexity index is 474. The van der Waals surface area contributed by atoms with E-state index in [9.17, 15) is 0 Å². The van der Waals surface area contributed by atoms with Gasteiger partial charge in [0.15, 0.2) is 0 Å². The molecule has 2 aromatic rings. The van der Waals surface area contributed by atoms with Crippen LogP contribution in [0.5, 0.6) is 0 Å². The Morgan fingerprint density at radius 3 is 2.56 bits per heavy atom. The van der Waals surface area contributed by atoms with Gasteiger partial charge in [0.2, 0.25) is 0 Å². The van der Waals surface area contributed by atoms with Gasteiger partial charge in [-0.25, -0.2) is 0 Å². The summed E-state index contributed by atoms with van der Waals surface area (Å²) in [6.07, 6.45) is 7.82. The first-order chi connectivity index (χ1) is 8.19. The van der Waals surface area contributed by atoms with Gasteiger partial charge in [-0.3, -0.25) is 9.36 Å². The van der Waals surface area contributed by atoms with Gasteiger partial charge in [0.25, 0.3) is 0 Å². The summed E-state index contributed by atoms with van der Waals surface area (Å²) >= 11 is 0. The van der Waals surface area contributed by atoms with Crippen molar-refractivity contribution in [1.29, 1.82) is 0 Å². The first-order valence-corrected chi connectivity index (χ1v) is 5.98. The minimum absolute atomic E-state index is 0. The fourth-order valence-corrected chi connectivity index (χ4v) is 1.59. The largest absolute Gasteiger partial charge is 0.378 e. The zero-order valence-electron chi connectivity index (χ0n) is 11.0. The van der Waals surface area contributed by atoms with Crippen molar-refractivity contribution in [2.75, 3.05) is 5.32 Å². The summed E-state index contributed by atoms with van der Waals surface area (Å²) in [5, 5.41) is 11.9. The molecule has 0 unspecified atom stereocenters. The van der Waals surface area contributed by atoms with Crippen LogP contribution in [0.2, 0.25) is 0 Å². The second-order valence-corrected chi connectivity index (χ2v) is 4.36. The number of aryl methyl sites for hydroxylation is 1. The molecular formula is C12H20ClN5. The van der Waals surface area contributed by atoms with E-state index in [0.717, 1.165) is 18.8 Å². The van der Waals surface area contributed by atoms with Crippen molar-refractivity contribution in [1.82, 2.24) is 19.6 Å². The van der Waals surface area contributed by atoms with Crippen molar-refractivity contribution in [3.05, 3.63) is 30.4 Å². The summed E-state index contributed by atoms with van der Waals surface area (Å²) in [6, 6.07) is 0.397. The van der Waals surface area contributed by atoms with Crippen LogP contribution in [0.25, 0.3) is 0 Å². The number of rotatable bonds is 5. The highest BCUT2D eigenvalue weighted by molar-refractivity contribution is 5.85. The van der Waals surface area contributed by atoms with E-state index in [1.54, 1.807) is 0 Å². The van der Waals surface area contributed by atoms with Gasteiger partial charge in [-0.2, -0.15) is 10.2 Å². The lowest BCUT2D eigenvalue weighted by Gasteiger charge is -2.03. The first-order valence-electron chi connectivity index (χ1n) is 5.98. The van der Waals surface area contributed by atoms with Crippen LogP contribution in [0.15, 0.2) is 24.8 Å². The minimum atomic E-state index is 0. The molecule has 2 rings (SSSR count). The molecule has 2 aromatic heterocycles. The SMILES string of the molecule is CCn1cc(CNc2cnn(C(C)C)c2)cn1.Cl. The molecule has 0 fully saturated rings. The molecule has 0 atom stereocenters. The lowest BCUT2D eigenvalue weighted by molar-refractivity contribution is 0.532. The lowest BCUT2D eigenvalue weighted by Crippen LogP contribution is -2.00. The maximum Gasteiger partial charge on any atom is 0.0729 e. The van der Waals surface area contributed by atoms with Crippen molar-refractivity contribution >= 4 is 18.1 Å². The molecule has 0 radical (unpaired) electrons. The van der Waals surface area contributed by atoms with E-state index in [1.807, 2.05) is 28.0 Å². The Morgan fingerprint density at radius 1 is 1.22 bits per heavy atom. The maximum absolute atomic E-state index is 4.28. The average Bonchev–Trinajstić information content (AvgIpc) is 2.95. The van der Waals surface area contributed by atoms with Crippen molar-refractivity contribution in [3.8, 4) is 0 Å². The van der Waals surface area contributed by atoms with Gasteiger partial charge in [-0.15, -0.1) is 12.4 Å². The van der Waals surface area contributed by atoms with Gasteiger partial charge < -0.3 is 5.32 Å². The van der Waals surface area contributed by atoms with E-state index < -0.39 is 0 Å². The highest BCUT2D eigenvalue weighted by atomic mass is 35.5. The Balaban J connectivity index is 0.00000162. The van der Waals surface area contributed by atoms with Crippen LogP contribution in [-0.2, 0) is 13.1 Å². The molecule has 0 aromatic carbocycles. The summed E-state index contributed by atoms with van der Waals surface area (Å²) < 4.78 is 3.87. The smallest absolute Gasteiger partial charge is 0.0729 e. The fourth-order valence-electron chi connectivity index (χ4n) is 1.59. The predicted molar refractivity (Wildman–Crippen MR) is 75.1 cm³/mol. The normalized spacial score (nSPS) is 10.4. The third-order valence-electron chi connectivity index (χ3n) is 2.64. The number of hydrogen-bond acceptors (Lipinski definition) is 3. The number of aromatic nitrogens is 4. The number of hydrogen-bond donors (Lipinski definition) is 1. The number of halogens is 1. The monoisotopic (exact) mass is 269 g/mol. The van der Waals surface area contributed by atoms with Crippen LogP contribution in [-0.4, -0.2) is 19.6 Å². The van der Waals surface area contributed by atoms with Crippen molar-refractivity contribution in [2.45, 2.75) is 39.9 Å². The second-order valence-electron chi connectivity index (χ2n) is 4.36. The topological polar surface area (TPSA) is 47.7 Å². The second kappa shape index (κ2) is 6.44. The minimum Gasteiger partial charge on any atom is -0.378 e. The Labute approximate surface area is 114 Å². The summed E-state index contributed by atoms with van der Waals surface area (Å²) in [7, 11) is 0. The molecule has 0 aliphatic carbocycles. The number of nitrogens with zero attached hydrogens (tertiary/aromatic N) is 4. The van der Waals surface area contributed by atoms with Gasteiger partial charge in [-0.05, 0) is 20.8 Å². The molecule has 0 saturated carbocycles. The average molecular weight is 270 g/mol. The summed E-state index contributed by atoms with van der Waals surface area (Å²) in [5.74, 6) is 0. The van der Waals surface area contributed by atoms with E-state index in [-0.39, 0.29) is 12.4 Å². The lowest BCUT2D eigenvalue weighted by atomic mass is 10.3. The van der Waals surface area contributed by atoms with E-state index in [1.165, 1.54) is 5.56 Å². The van der Waals surface area contributed by atoms with E-state index in [2.05, 4.69) is 42.5 Å². The summed E-state index contributed by atoms with van der Waals surface area (Å²) in [5.41, 5.74) is 2.23. The third kappa shape index (κ3) is 3.50. The van der Waals surface area contributed by atoms with Gasteiger partial charge in [-0.1, -0.05) is 0 Å². The van der Waals surface area contributed by atoms with Gasteiger partial charge in [0, 0.05) is 37.1 Å². The fraction of sp³-hybridized carbons (Fsp3) is 0.500. The van der Waals surface area contributed by atoms with Crippen LogP contribution in [0.4, 0.5) is 5.69 Å². The highest BCUT2D eigenvalue weighted by Gasteiger charge is 2.02. The molecule has 18 heavy (non-hydrogen) atoms. The summed E-state index contributed by atoms with van der Waals surface area (Å²) in [6.45, 7) is 8.00. The van der Waals surface area contributed by atoms with E-state index in [4.69, 9.17) is 0 Å². The zero-order chi connectivity index (χ0) is 12.3. The van der Waals surface area contributed by atoms with Crippen molar-refractivity contribution < 1.29 is 0 Å². The maximum atomic E-state index is 4.28. The van der Waals surface area contributed by atoms with E-state index >= 15 is 0 Å². The Hall–Kier alpha value is -1.49. The number of nitrogens with one attached hydrogen (secondary N) is 1. The molecule has 2 heterocycles. The molecule has 0 bridgehead atoms. The molecule has 100 valence electrons. The van der Waals surface area contributed by atoms with Gasteiger partial charge >= 0.3 is 0 Å². The van der Waals surface area contributed by atoms with Crippen LogP contribution < -0.4 is 5.32 Å². The molecule has 1 N–H and O–H groups in total.